The zero-order valence-electron chi connectivity index (χ0n) is 14.6. The second-order valence-corrected chi connectivity index (χ2v) is 6.86. The zero-order chi connectivity index (χ0) is 19.9. The fraction of sp³-hybridized carbons (Fsp3) is 0.368. The highest BCUT2D eigenvalue weighted by atomic mass is 19.4. The Morgan fingerprint density at radius 3 is 2.82 bits per heavy atom. The molecule has 4 rings (SSSR count). The minimum atomic E-state index is -4.34. The molecule has 0 saturated carbocycles. The molecule has 2 aromatic rings. The molecule has 0 spiro atoms. The van der Waals surface area contributed by atoms with Gasteiger partial charge in [-0.1, -0.05) is 12.1 Å². The van der Waals surface area contributed by atoms with Gasteiger partial charge in [0.15, 0.2) is 0 Å². The van der Waals surface area contributed by atoms with Gasteiger partial charge in [0.25, 0.3) is 0 Å². The average molecular weight is 391 g/mol. The monoisotopic (exact) mass is 391 g/mol. The Labute approximate surface area is 158 Å². The summed E-state index contributed by atoms with van der Waals surface area (Å²) >= 11 is 0. The molecule has 0 N–H and O–H groups in total. The van der Waals surface area contributed by atoms with Crippen molar-refractivity contribution in [1.29, 1.82) is 0 Å². The predicted octanol–water partition coefficient (Wildman–Crippen LogP) is 4.03. The maximum absolute atomic E-state index is 13.2. The lowest BCUT2D eigenvalue weighted by atomic mass is 9.96. The van der Waals surface area contributed by atoms with E-state index in [4.69, 9.17) is 4.74 Å². The first kappa shape index (κ1) is 18.5. The lowest BCUT2D eigenvalue weighted by Gasteiger charge is -2.20. The van der Waals surface area contributed by atoms with Crippen molar-refractivity contribution in [2.24, 2.45) is 11.1 Å². The molecular formula is C19H16F3N3O3. The molecule has 2 atom stereocenters. The van der Waals surface area contributed by atoms with Gasteiger partial charge in [-0.3, -0.25) is 9.36 Å². The van der Waals surface area contributed by atoms with E-state index in [0.717, 1.165) is 6.08 Å². The van der Waals surface area contributed by atoms with Crippen molar-refractivity contribution < 1.29 is 22.7 Å². The molecule has 1 saturated heterocycles. The van der Waals surface area contributed by atoms with E-state index in [9.17, 15) is 22.9 Å². The smallest absolute Gasteiger partial charge is 0.381 e. The van der Waals surface area contributed by atoms with Crippen molar-refractivity contribution in [3.63, 3.8) is 0 Å². The van der Waals surface area contributed by atoms with Gasteiger partial charge >= 0.3 is 12.1 Å². The number of nitroso groups, excluding NO2 is 1. The van der Waals surface area contributed by atoms with Crippen molar-refractivity contribution in [2.45, 2.75) is 24.9 Å². The molecule has 2 unspecified atom stereocenters. The Morgan fingerprint density at radius 2 is 2.14 bits per heavy atom. The third-order valence-electron chi connectivity index (χ3n) is 5.06. The number of alkyl halides is 3. The van der Waals surface area contributed by atoms with Gasteiger partial charge in [-0.25, -0.2) is 4.98 Å². The summed E-state index contributed by atoms with van der Waals surface area (Å²) < 4.78 is 46.7. The van der Waals surface area contributed by atoms with Gasteiger partial charge in [0.2, 0.25) is 0 Å². The maximum atomic E-state index is 13.2. The van der Waals surface area contributed by atoms with Crippen LogP contribution in [0.5, 0.6) is 0 Å². The number of amides is 1. The molecule has 1 aromatic carbocycles. The number of ether oxygens (including phenoxy) is 1. The average Bonchev–Trinajstić information content (AvgIpc) is 3.33. The standard InChI is InChI=1S/C19H16F3N3O3/c20-19(21,22)13-4-5-16-15(9-13)23-17(12-6-7-28-10-12)25(16)14-3-1-2-11(8-14)18(26)24-27/h1-5,8,12-13H,6-7,9-10H2. The van der Waals surface area contributed by atoms with Crippen LogP contribution in [0.1, 0.15) is 39.9 Å². The van der Waals surface area contributed by atoms with Crippen molar-refractivity contribution in [1.82, 2.24) is 9.55 Å². The van der Waals surface area contributed by atoms with Crippen LogP contribution >= 0.6 is 0 Å². The first-order chi connectivity index (χ1) is 13.4. The number of imidazole rings is 1. The lowest BCUT2D eigenvalue weighted by molar-refractivity contribution is -0.160. The third kappa shape index (κ3) is 3.26. The van der Waals surface area contributed by atoms with E-state index >= 15 is 0 Å². The number of nitrogens with zero attached hydrogens (tertiary/aromatic N) is 3. The SMILES string of the molecule is O=NC(=O)c1cccc(-n2c(C3CCOC3)nc3c2C=CC(C(F)(F)F)C3)c1. The molecule has 0 radical (unpaired) electrons. The Hall–Kier alpha value is -2.81. The van der Waals surface area contributed by atoms with Gasteiger partial charge in [-0.05, 0) is 30.7 Å². The van der Waals surface area contributed by atoms with Crippen LogP contribution in [0.4, 0.5) is 13.2 Å². The van der Waals surface area contributed by atoms with Crippen LogP contribution < -0.4 is 0 Å². The van der Waals surface area contributed by atoms with Crippen LogP contribution in [0.25, 0.3) is 11.8 Å². The summed E-state index contributed by atoms with van der Waals surface area (Å²) in [6.07, 6.45) is -1.31. The van der Waals surface area contributed by atoms with E-state index < -0.39 is 18.0 Å². The molecule has 1 amide bonds. The van der Waals surface area contributed by atoms with E-state index in [1.807, 2.05) is 0 Å². The fourth-order valence-corrected chi connectivity index (χ4v) is 3.64. The second kappa shape index (κ2) is 6.97. The number of hydrogen-bond acceptors (Lipinski definition) is 4. The van der Waals surface area contributed by atoms with E-state index in [-0.39, 0.29) is 17.9 Å². The molecule has 146 valence electrons. The Balaban J connectivity index is 1.84. The summed E-state index contributed by atoms with van der Waals surface area (Å²) in [5, 5.41) is 2.43. The maximum Gasteiger partial charge on any atom is 0.395 e. The van der Waals surface area contributed by atoms with Gasteiger partial charge in [0, 0.05) is 35.4 Å². The highest BCUT2D eigenvalue weighted by Crippen LogP contribution is 2.38. The molecule has 1 aromatic heterocycles. The number of allylic oxidation sites excluding steroid dienone is 1. The number of carbonyl (C=O) groups excluding carboxylic acids is 1. The lowest BCUT2D eigenvalue weighted by Crippen LogP contribution is -2.25. The first-order valence-electron chi connectivity index (χ1n) is 8.80. The largest absolute Gasteiger partial charge is 0.395 e. The topological polar surface area (TPSA) is 73.5 Å². The summed E-state index contributed by atoms with van der Waals surface area (Å²) in [6, 6.07) is 6.27. The molecule has 1 aliphatic heterocycles. The number of carbonyl (C=O) groups is 1. The summed E-state index contributed by atoms with van der Waals surface area (Å²) in [5.41, 5.74) is 1.56. The van der Waals surface area contributed by atoms with Crippen LogP contribution in [0.15, 0.2) is 35.5 Å². The molecule has 6 nitrogen and oxygen atoms in total. The Kier molecular flexibility index (Phi) is 4.62. The van der Waals surface area contributed by atoms with Gasteiger partial charge in [-0.2, -0.15) is 13.2 Å². The molecule has 1 aliphatic carbocycles. The first-order valence-corrected chi connectivity index (χ1v) is 8.80. The molecule has 28 heavy (non-hydrogen) atoms. The fourth-order valence-electron chi connectivity index (χ4n) is 3.64. The van der Waals surface area contributed by atoms with Crippen molar-refractivity contribution in [3.8, 4) is 5.69 Å². The predicted molar refractivity (Wildman–Crippen MR) is 94.1 cm³/mol. The quantitative estimate of drug-likeness (QED) is 0.741. The van der Waals surface area contributed by atoms with Gasteiger partial charge in [0.05, 0.1) is 23.9 Å². The number of hydrogen-bond donors (Lipinski definition) is 0. The molecule has 2 heterocycles. The third-order valence-corrected chi connectivity index (χ3v) is 5.06. The summed E-state index contributed by atoms with van der Waals surface area (Å²) in [7, 11) is 0. The highest BCUT2D eigenvalue weighted by molar-refractivity contribution is 5.95. The van der Waals surface area contributed by atoms with Crippen molar-refractivity contribution in [2.75, 3.05) is 13.2 Å². The van der Waals surface area contributed by atoms with E-state index in [2.05, 4.69) is 10.2 Å². The molecule has 2 aliphatic rings. The zero-order valence-corrected chi connectivity index (χ0v) is 14.6. The number of aromatic nitrogens is 2. The minimum absolute atomic E-state index is 0.0631. The van der Waals surface area contributed by atoms with E-state index in [1.54, 1.807) is 16.7 Å². The van der Waals surface area contributed by atoms with Gasteiger partial charge in [-0.15, -0.1) is 4.91 Å². The van der Waals surface area contributed by atoms with Crippen molar-refractivity contribution in [3.05, 3.63) is 58.0 Å². The van der Waals surface area contributed by atoms with E-state index in [1.165, 1.54) is 18.2 Å². The number of fused-ring (bicyclic) bond motifs is 1. The van der Waals surface area contributed by atoms with Crippen LogP contribution in [0.2, 0.25) is 0 Å². The highest BCUT2D eigenvalue weighted by Gasteiger charge is 2.41. The summed E-state index contributed by atoms with van der Waals surface area (Å²) in [6.45, 7) is 0.980. The summed E-state index contributed by atoms with van der Waals surface area (Å²) in [5.74, 6) is -1.96. The molecule has 1 fully saturated rings. The number of rotatable bonds is 3. The second-order valence-electron chi connectivity index (χ2n) is 6.86. The van der Waals surface area contributed by atoms with Crippen LogP contribution in [-0.2, 0) is 11.2 Å². The van der Waals surface area contributed by atoms with Crippen molar-refractivity contribution >= 4 is 12.0 Å². The Morgan fingerprint density at radius 1 is 1.32 bits per heavy atom. The van der Waals surface area contributed by atoms with Gasteiger partial charge in [0.1, 0.15) is 5.82 Å². The van der Waals surface area contributed by atoms with Gasteiger partial charge < -0.3 is 4.74 Å². The minimum Gasteiger partial charge on any atom is -0.381 e. The Bertz CT molecular complexity index is 959. The number of halogens is 3. The van der Waals surface area contributed by atoms with Crippen LogP contribution in [-0.4, -0.2) is 34.8 Å². The summed E-state index contributed by atoms with van der Waals surface area (Å²) in [4.78, 5) is 26.8. The molecule has 9 heteroatoms. The molecule has 0 bridgehead atoms. The van der Waals surface area contributed by atoms with Crippen LogP contribution in [0, 0.1) is 10.8 Å². The normalized spacial score (nSPS) is 21.5. The van der Waals surface area contributed by atoms with E-state index in [0.29, 0.717) is 42.5 Å². The van der Waals surface area contributed by atoms with Crippen LogP contribution in [0.3, 0.4) is 0 Å². The number of benzene rings is 1. The molecular weight excluding hydrogens is 375 g/mol.